The lowest BCUT2D eigenvalue weighted by atomic mass is 10.2. The molecule has 0 unspecified atom stereocenters. The standard InChI is InChI=1S/C15H12BrClF2O2/c1-20-13-4-2-3-9(7-17)15(13)21-8-10-12(18)6-5-11(16)14(10)19/h2-6H,7-8H2,1H3. The van der Waals surface area contributed by atoms with Crippen LogP contribution in [0.15, 0.2) is 34.8 Å². The molecule has 2 aromatic rings. The molecule has 0 aliphatic rings. The summed E-state index contributed by atoms with van der Waals surface area (Å²) in [5.41, 5.74) is 0.530. The molecule has 0 amide bonds. The Bertz CT molecular complexity index is 628. The van der Waals surface area contributed by atoms with E-state index >= 15 is 0 Å². The second-order valence-corrected chi connectivity index (χ2v) is 5.31. The molecule has 2 rings (SSSR count). The maximum absolute atomic E-state index is 13.9. The number of rotatable bonds is 5. The van der Waals surface area contributed by atoms with Gasteiger partial charge in [0.05, 0.1) is 23.0 Å². The summed E-state index contributed by atoms with van der Waals surface area (Å²) in [7, 11) is 1.49. The lowest BCUT2D eigenvalue weighted by molar-refractivity contribution is 0.272. The Kier molecular flexibility index (Phi) is 5.42. The van der Waals surface area contributed by atoms with Crippen LogP contribution in [-0.4, -0.2) is 7.11 Å². The monoisotopic (exact) mass is 376 g/mol. The summed E-state index contributed by atoms with van der Waals surface area (Å²) >= 11 is 8.86. The molecule has 21 heavy (non-hydrogen) atoms. The van der Waals surface area contributed by atoms with E-state index in [1.165, 1.54) is 19.2 Å². The third-order valence-corrected chi connectivity index (χ3v) is 3.82. The van der Waals surface area contributed by atoms with Crippen LogP contribution >= 0.6 is 27.5 Å². The van der Waals surface area contributed by atoms with E-state index in [1.807, 2.05) is 0 Å². The first-order valence-corrected chi connectivity index (χ1v) is 7.38. The Hall–Kier alpha value is -1.33. The van der Waals surface area contributed by atoms with Gasteiger partial charge in [0.25, 0.3) is 0 Å². The number of halogens is 4. The molecule has 2 nitrogen and oxygen atoms in total. The Labute approximate surface area is 134 Å². The topological polar surface area (TPSA) is 18.5 Å². The summed E-state index contributed by atoms with van der Waals surface area (Å²) in [5, 5.41) is 0. The predicted molar refractivity (Wildman–Crippen MR) is 80.9 cm³/mol. The number of hydrogen-bond donors (Lipinski definition) is 0. The Morgan fingerprint density at radius 2 is 1.95 bits per heavy atom. The maximum atomic E-state index is 13.9. The zero-order chi connectivity index (χ0) is 15.4. The quantitative estimate of drug-likeness (QED) is 0.536. The van der Waals surface area contributed by atoms with Crippen LogP contribution in [0.3, 0.4) is 0 Å². The molecular formula is C15H12BrClF2O2. The van der Waals surface area contributed by atoms with Gasteiger partial charge in [0, 0.05) is 5.56 Å². The smallest absolute Gasteiger partial charge is 0.166 e. The van der Waals surface area contributed by atoms with Crippen molar-refractivity contribution in [2.45, 2.75) is 12.5 Å². The van der Waals surface area contributed by atoms with Gasteiger partial charge in [-0.15, -0.1) is 11.6 Å². The van der Waals surface area contributed by atoms with Crippen molar-refractivity contribution in [3.63, 3.8) is 0 Å². The van der Waals surface area contributed by atoms with Gasteiger partial charge >= 0.3 is 0 Å². The first-order chi connectivity index (χ1) is 10.1. The van der Waals surface area contributed by atoms with Crippen molar-refractivity contribution in [2.75, 3.05) is 7.11 Å². The minimum absolute atomic E-state index is 0.157. The zero-order valence-electron chi connectivity index (χ0n) is 11.1. The average molecular weight is 378 g/mol. The fraction of sp³-hybridized carbons (Fsp3) is 0.200. The van der Waals surface area contributed by atoms with Gasteiger partial charge in [-0.25, -0.2) is 8.78 Å². The fourth-order valence-electron chi connectivity index (χ4n) is 1.84. The van der Waals surface area contributed by atoms with Crippen LogP contribution in [-0.2, 0) is 12.5 Å². The Morgan fingerprint density at radius 3 is 2.62 bits per heavy atom. The highest BCUT2D eigenvalue weighted by molar-refractivity contribution is 9.10. The molecule has 0 aliphatic carbocycles. The van der Waals surface area contributed by atoms with E-state index in [0.29, 0.717) is 17.1 Å². The van der Waals surface area contributed by atoms with E-state index in [0.717, 1.165) is 0 Å². The Morgan fingerprint density at radius 1 is 1.19 bits per heavy atom. The van der Waals surface area contributed by atoms with Gasteiger partial charge in [-0.2, -0.15) is 0 Å². The average Bonchev–Trinajstić information content (AvgIpc) is 2.50. The van der Waals surface area contributed by atoms with E-state index in [1.54, 1.807) is 18.2 Å². The third-order valence-electron chi connectivity index (χ3n) is 2.92. The van der Waals surface area contributed by atoms with Crippen molar-refractivity contribution >= 4 is 27.5 Å². The second-order valence-electron chi connectivity index (χ2n) is 4.19. The predicted octanol–water partition coefficient (Wildman–Crippen LogP) is 5.05. The summed E-state index contributed by atoms with van der Waals surface area (Å²) in [6.07, 6.45) is 0. The molecule has 0 heterocycles. The molecule has 0 fully saturated rings. The first kappa shape index (κ1) is 16.0. The van der Waals surface area contributed by atoms with E-state index in [4.69, 9.17) is 21.1 Å². The van der Waals surface area contributed by atoms with Crippen molar-refractivity contribution in [1.29, 1.82) is 0 Å². The maximum Gasteiger partial charge on any atom is 0.166 e. The van der Waals surface area contributed by atoms with Crippen molar-refractivity contribution in [2.24, 2.45) is 0 Å². The number of alkyl halides is 1. The van der Waals surface area contributed by atoms with Crippen molar-refractivity contribution in [3.8, 4) is 11.5 Å². The van der Waals surface area contributed by atoms with Crippen LogP contribution < -0.4 is 9.47 Å². The molecule has 0 aromatic heterocycles. The summed E-state index contributed by atoms with van der Waals surface area (Å²) in [4.78, 5) is 0. The third kappa shape index (κ3) is 3.47. The van der Waals surface area contributed by atoms with Gasteiger partial charge in [-0.1, -0.05) is 12.1 Å². The molecule has 0 saturated heterocycles. The van der Waals surface area contributed by atoms with Crippen LogP contribution in [0, 0.1) is 11.6 Å². The van der Waals surface area contributed by atoms with E-state index in [9.17, 15) is 8.78 Å². The minimum Gasteiger partial charge on any atom is -0.493 e. The number of methoxy groups -OCH3 is 1. The summed E-state index contributed by atoms with van der Waals surface area (Å²) in [6.45, 7) is -0.263. The molecule has 6 heteroatoms. The highest BCUT2D eigenvalue weighted by Gasteiger charge is 2.16. The van der Waals surface area contributed by atoms with Crippen molar-refractivity contribution in [1.82, 2.24) is 0 Å². The van der Waals surface area contributed by atoms with Crippen LogP contribution in [0.5, 0.6) is 11.5 Å². The molecule has 2 aromatic carbocycles. The number of para-hydroxylation sites is 1. The van der Waals surface area contributed by atoms with Crippen LogP contribution in [0.4, 0.5) is 8.78 Å². The van der Waals surface area contributed by atoms with Gasteiger partial charge in [-0.3, -0.25) is 0 Å². The molecule has 0 aliphatic heterocycles. The van der Waals surface area contributed by atoms with Gasteiger partial charge in [-0.05, 0) is 34.1 Å². The first-order valence-electron chi connectivity index (χ1n) is 6.05. The molecular weight excluding hydrogens is 366 g/mol. The SMILES string of the molecule is COc1cccc(CCl)c1OCc1c(F)ccc(Br)c1F. The summed E-state index contributed by atoms with van der Waals surface area (Å²) < 4.78 is 38.5. The Balaban J connectivity index is 2.31. The normalized spacial score (nSPS) is 10.5. The number of benzene rings is 2. The summed E-state index contributed by atoms with van der Waals surface area (Å²) in [6, 6.07) is 7.71. The molecule has 0 atom stereocenters. The van der Waals surface area contributed by atoms with E-state index in [2.05, 4.69) is 15.9 Å². The van der Waals surface area contributed by atoms with Gasteiger partial charge in [0.2, 0.25) is 0 Å². The number of hydrogen-bond acceptors (Lipinski definition) is 2. The second kappa shape index (κ2) is 7.09. The lowest BCUT2D eigenvalue weighted by Crippen LogP contribution is -2.05. The largest absolute Gasteiger partial charge is 0.493 e. The van der Waals surface area contributed by atoms with Crippen LogP contribution in [0.25, 0.3) is 0 Å². The highest BCUT2D eigenvalue weighted by Crippen LogP contribution is 2.33. The number of ether oxygens (including phenoxy) is 2. The van der Waals surface area contributed by atoms with Gasteiger partial charge in [0.15, 0.2) is 11.5 Å². The van der Waals surface area contributed by atoms with Crippen LogP contribution in [0.1, 0.15) is 11.1 Å². The molecule has 0 radical (unpaired) electrons. The fourth-order valence-corrected chi connectivity index (χ4v) is 2.42. The van der Waals surface area contributed by atoms with Crippen LogP contribution in [0.2, 0.25) is 0 Å². The van der Waals surface area contributed by atoms with Crippen molar-refractivity contribution < 1.29 is 18.3 Å². The van der Waals surface area contributed by atoms with E-state index in [-0.39, 0.29) is 22.5 Å². The molecule has 0 saturated carbocycles. The minimum atomic E-state index is -0.683. The zero-order valence-corrected chi connectivity index (χ0v) is 13.5. The highest BCUT2D eigenvalue weighted by atomic mass is 79.9. The van der Waals surface area contributed by atoms with Gasteiger partial charge in [0.1, 0.15) is 18.2 Å². The molecule has 0 spiro atoms. The lowest BCUT2D eigenvalue weighted by Gasteiger charge is -2.14. The molecule has 0 bridgehead atoms. The van der Waals surface area contributed by atoms with Crippen molar-refractivity contribution in [3.05, 3.63) is 57.6 Å². The van der Waals surface area contributed by atoms with Gasteiger partial charge < -0.3 is 9.47 Å². The molecule has 112 valence electrons. The molecule has 0 N–H and O–H groups in total. The van der Waals surface area contributed by atoms with E-state index < -0.39 is 11.6 Å². The summed E-state index contributed by atoms with van der Waals surface area (Å²) in [5.74, 6) is -0.302.